The number of nitrogens with zero attached hydrogens (tertiary/aromatic N) is 3. The lowest BCUT2D eigenvalue weighted by Crippen LogP contribution is -2.49. The summed E-state index contributed by atoms with van der Waals surface area (Å²) in [4.78, 5) is 32.9. The van der Waals surface area contributed by atoms with E-state index in [9.17, 15) is 9.59 Å². The molecule has 2 heterocycles. The summed E-state index contributed by atoms with van der Waals surface area (Å²) in [6.45, 7) is 6.35. The Morgan fingerprint density at radius 1 is 1.07 bits per heavy atom. The minimum atomic E-state index is -0.301. The van der Waals surface area contributed by atoms with E-state index in [2.05, 4.69) is 15.2 Å². The standard InChI is InChI=1S/C21H26N4O2/c1-16-6-8-18(9-7-16)19(23-17(2)26)15-21(27)25-13-11-24(12-14-25)20-5-3-4-10-22-20/h3-10,19H,11-15H2,1-2H3,(H,23,26). The number of aryl methyl sites for hydroxylation is 1. The Labute approximate surface area is 160 Å². The van der Waals surface area contributed by atoms with E-state index in [1.807, 2.05) is 54.3 Å². The Morgan fingerprint density at radius 3 is 2.37 bits per heavy atom. The molecule has 1 fully saturated rings. The SMILES string of the molecule is CC(=O)NC(CC(=O)N1CCN(c2ccccn2)CC1)c1ccc(C)cc1. The van der Waals surface area contributed by atoms with Crippen molar-refractivity contribution in [3.63, 3.8) is 0 Å². The van der Waals surface area contributed by atoms with Crippen LogP contribution >= 0.6 is 0 Å². The highest BCUT2D eigenvalue weighted by molar-refractivity contribution is 5.79. The van der Waals surface area contributed by atoms with E-state index < -0.39 is 0 Å². The molecule has 0 radical (unpaired) electrons. The summed E-state index contributed by atoms with van der Waals surface area (Å²) < 4.78 is 0. The highest BCUT2D eigenvalue weighted by atomic mass is 16.2. The number of pyridine rings is 1. The van der Waals surface area contributed by atoms with E-state index in [1.54, 1.807) is 6.20 Å². The van der Waals surface area contributed by atoms with Crippen molar-refractivity contribution in [2.45, 2.75) is 26.3 Å². The third-order valence-corrected chi connectivity index (χ3v) is 4.84. The first-order valence-corrected chi connectivity index (χ1v) is 9.30. The van der Waals surface area contributed by atoms with E-state index >= 15 is 0 Å². The Kier molecular flexibility index (Phi) is 6.06. The first kappa shape index (κ1) is 18.9. The molecule has 0 spiro atoms. The molecule has 1 N–H and O–H groups in total. The zero-order valence-corrected chi connectivity index (χ0v) is 15.9. The van der Waals surface area contributed by atoms with Crippen molar-refractivity contribution in [1.82, 2.24) is 15.2 Å². The average molecular weight is 366 g/mol. The lowest BCUT2D eigenvalue weighted by Gasteiger charge is -2.36. The second-order valence-electron chi connectivity index (χ2n) is 6.92. The Bertz CT molecular complexity index is 769. The van der Waals surface area contributed by atoms with Crippen LogP contribution in [-0.4, -0.2) is 47.9 Å². The first-order valence-electron chi connectivity index (χ1n) is 9.30. The molecule has 27 heavy (non-hydrogen) atoms. The zero-order chi connectivity index (χ0) is 19.2. The van der Waals surface area contributed by atoms with Gasteiger partial charge in [-0.3, -0.25) is 9.59 Å². The molecule has 3 rings (SSSR count). The number of aromatic nitrogens is 1. The largest absolute Gasteiger partial charge is 0.353 e. The van der Waals surface area contributed by atoms with E-state index in [4.69, 9.17) is 0 Å². The molecule has 0 bridgehead atoms. The topological polar surface area (TPSA) is 65.5 Å². The van der Waals surface area contributed by atoms with E-state index in [-0.39, 0.29) is 24.3 Å². The van der Waals surface area contributed by atoms with Gasteiger partial charge < -0.3 is 15.1 Å². The van der Waals surface area contributed by atoms with Gasteiger partial charge in [0.2, 0.25) is 11.8 Å². The molecule has 1 saturated heterocycles. The van der Waals surface area contributed by atoms with Crippen LogP contribution in [0.1, 0.15) is 30.5 Å². The molecule has 2 aromatic rings. The highest BCUT2D eigenvalue weighted by Crippen LogP contribution is 2.20. The minimum absolute atomic E-state index is 0.0648. The molecule has 0 aliphatic carbocycles. The van der Waals surface area contributed by atoms with E-state index in [1.165, 1.54) is 6.92 Å². The predicted molar refractivity (Wildman–Crippen MR) is 105 cm³/mol. The fourth-order valence-electron chi connectivity index (χ4n) is 3.33. The van der Waals surface area contributed by atoms with Crippen LogP contribution in [0.2, 0.25) is 0 Å². The number of amides is 2. The molecule has 1 aromatic carbocycles. The third-order valence-electron chi connectivity index (χ3n) is 4.84. The maximum absolute atomic E-state index is 12.8. The van der Waals surface area contributed by atoms with Crippen molar-refractivity contribution in [3.8, 4) is 0 Å². The van der Waals surface area contributed by atoms with Gasteiger partial charge in [-0.1, -0.05) is 35.9 Å². The number of carbonyl (C=O) groups is 2. The number of benzene rings is 1. The number of anilines is 1. The predicted octanol–water partition coefficient (Wildman–Crippen LogP) is 2.31. The van der Waals surface area contributed by atoms with E-state index in [0.29, 0.717) is 13.1 Å². The molecule has 1 aliphatic rings. The van der Waals surface area contributed by atoms with Gasteiger partial charge in [-0.05, 0) is 24.6 Å². The summed E-state index contributed by atoms with van der Waals surface area (Å²) in [6, 6.07) is 13.5. The van der Waals surface area contributed by atoms with Crippen LogP contribution in [0, 0.1) is 6.92 Å². The van der Waals surface area contributed by atoms with Gasteiger partial charge in [-0.2, -0.15) is 0 Å². The molecule has 0 saturated carbocycles. The lowest BCUT2D eigenvalue weighted by molar-refractivity contribution is -0.132. The van der Waals surface area contributed by atoms with Gasteiger partial charge >= 0.3 is 0 Å². The Balaban J connectivity index is 1.61. The van der Waals surface area contributed by atoms with Gasteiger partial charge in [0.15, 0.2) is 0 Å². The number of nitrogens with one attached hydrogen (secondary N) is 1. The molecular formula is C21H26N4O2. The van der Waals surface area contributed by atoms with Crippen molar-refractivity contribution in [2.24, 2.45) is 0 Å². The van der Waals surface area contributed by atoms with Crippen molar-refractivity contribution in [1.29, 1.82) is 0 Å². The maximum atomic E-state index is 12.8. The normalized spacial score (nSPS) is 15.3. The summed E-state index contributed by atoms with van der Waals surface area (Å²) in [7, 11) is 0. The Hall–Kier alpha value is -2.89. The van der Waals surface area contributed by atoms with Crippen molar-refractivity contribution in [2.75, 3.05) is 31.1 Å². The van der Waals surface area contributed by atoms with Gasteiger partial charge in [0.1, 0.15) is 5.82 Å². The fourth-order valence-corrected chi connectivity index (χ4v) is 3.33. The van der Waals surface area contributed by atoms with Crippen LogP contribution in [-0.2, 0) is 9.59 Å². The maximum Gasteiger partial charge on any atom is 0.225 e. The van der Waals surface area contributed by atoms with Gasteiger partial charge in [-0.25, -0.2) is 4.98 Å². The number of rotatable bonds is 5. The summed E-state index contributed by atoms with van der Waals surface area (Å²) in [5.41, 5.74) is 2.11. The molecule has 6 heteroatoms. The average Bonchev–Trinajstić information content (AvgIpc) is 2.68. The number of hydrogen-bond donors (Lipinski definition) is 1. The second kappa shape index (κ2) is 8.66. The smallest absolute Gasteiger partial charge is 0.225 e. The summed E-state index contributed by atoms with van der Waals surface area (Å²) in [6.07, 6.45) is 2.05. The second-order valence-corrected chi connectivity index (χ2v) is 6.92. The van der Waals surface area contributed by atoms with Crippen molar-refractivity contribution in [3.05, 3.63) is 59.8 Å². The zero-order valence-electron chi connectivity index (χ0n) is 15.9. The minimum Gasteiger partial charge on any atom is -0.353 e. The van der Waals surface area contributed by atoms with Crippen LogP contribution in [0.3, 0.4) is 0 Å². The highest BCUT2D eigenvalue weighted by Gasteiger charge is 2.25. The number of hydrogen-bond acceptors (Lipinski definition) is 4. The van der Waals surface area contributed by atoms with Crippen LogP contribution in [0.4, 0.5) is 5.82 Å². The Morgan fingerprint density at radius 2 is 1.78 bits per heavy atom. The monoisotopic (exact) mass is 366 g/mol. The molecule has 1 unspecified atom stereocenters. The quantitative estimate of drug-likeness (QED) is 0.882. The molecule has 1 aliphatic heterocycles. The van der Waals surface area contributed by atoms with Crippen LogP contribution in [0.5, 0.6) is 0 Å². The molecule has 1 aromatic heterocycles. The van der Waals surface area contributed by atoms with Gasteiger partial charge in [0.05, 0.1) is 12.5 Å². The van der Waals surface area contributed by atoms with Crippen LogP contribution in [0.15, 0.2) is 48.7 Å². The summed E-state index contributed by atoms with van der Waals surface area (Å²) in [5.74, 6) is 0.878. The van der Waals surface area contributed by atoms with Crippen molar-refractivity contribution < 1.29 is 9.59 Å². The summed E-state index contributed by atoms with van der Waals surface area (Å²) >= 11 is 0. The molecule has 142 valence electrons. The van der Waals surface area contributed by atoms with Gasteiger partial charge in [-0.15, -0.1) is 0 Å². The summed E-state index contributed by atoms with van der Waals surface area (Å²) in [5, 5.41) is 2.91. The molecule has 1 atom stereocenters. The number of carbonyl (C=O) groups excluding carboxylic acids is 2. The van der Waals surface area contributed by atoms with Crippen LogP contribution < -0.4 is 10.2 Å². The van der Waals surface area contributed by atoms with E-state index in [0.717, 1.165) is 30.0 Å². The van der Waals surface area contributed by atoms with Gasteiger partial charge in [0.25, 0.3) is 0 Å². The van der Waals surface area contributed by atoms with Crippen LogP contribution in [0.25, 0.3) is 0 Å². The lowest BCUT2D eigenvalue weighted by atomic mass is 10.0. The van der Waals surface area contributed by atoms with Gasteiger partial charge in [0, 0.05) is 39.3 Å². The third kappa shape index (κ3) is 5.06. The fraction of sp³-hybridized carbons (Fsp3) is 0.381. The number of piperazine rings is 1. The first-order chi connectivity index (χ1) is 13.0. The van der Waals surface area contributed by atoms with Crippen molar-refractivity contribution >= 4 is 17.6 Å². The molecule has 6 nitrogen and oxygen atoms in total. The molecule has 2 amide bonds. The molecular weight excluding hydrogens is 340 g/mol.